The summed E-state index contributed by atoms with van der Waals surface area (Å²) >= 11 is 13.8. The van der Waals surface area contributed by atoms with E-state index >= 15 is 0 Å². The Morgan fingerprint density at radius 2 is 1.95 bits per heavy atom. The fraction of sp³-hybridized carbons (Fsp3) is 0.538. The minimum absolute atomic E-state index is 0.233. The molecule has 2 heterocycles. The molecule has 0 spiro atoms. The van der Waals surface area contributed by atoms with E-state index in [9.17, 15) is 0 Å². The van der Waals surface area contributed by atoms with Gasteiger partial charge in [-0.3, -0.25) is 0 Å². The van der Waals surface area contributed by atoms with Crippen molar-refractivity contribution in [3.05, 3.63) is 16.1 Å². The normalized spacial score (nSPS) is 28.4. The number of nitrogens with two attached hydrogens (primary N) is 1. The Morgan fingerprint density at radius 3 is 2.70 bits per heavy atom. The molecule has 0 aliphatic carbocycles. The molecule has 0 amide bonds. The van der Waals surface area contributed by atoms with Crippen LogP contribution in [0.2, 0.25) is 10.0 Å². The molecule has 1 fully saturated rings. The third-order valence-corrected chi connectivity index (χ3v) is 5.44. The Balaban J connectivity index is 2.08. The molecule has 1 aromatic rings. The van der Waals surface area contributed by atoms with Crippen LogP contribution in [0.4, 0.5) is 17.1 Å². The fourth-order valence-corrected chi connectivity index (χ4v) is 4.06. The summed E-state index contributed by atoms with van der Waals surface area (Å²) < 4.78 is 8.65. The summed E-state index contributed by atoms with van der Waals surface area (Å²) in [6.45, 7) is 5.24. The Bertz CT molecular complexity index is 627. The number of halogens is 2. The zero-order valence-corrected chi connectivity index (χ0v) is 13.6. The van der Waals surface area contributed by atoms with Crippen LogP contribution in [-0.2, 0) is 11.4 Å². The predicted octanol–water partition coefficient (Wildman–Crippen LogP) is 4.28. The van der Waals surface area contributed by atoms with Gasteiger partial charge in [0.25, 0.3) is 0 Å². The SMILES string of the molecule is CC1C(N)CCN(c2c(Cl)cc(Cl)c3c2N=S=N3)C1C. The van der Waals surface area contributed by atoms with Crippen molar-refractivity contribution in [3.8, 4) is 0 Å². The summed E-state index contributed by atoms with van der Waals surface area (Å²) in [5.74, 6) is 0.400. The Morgan fingerprint density at radius 1 is 1.25 bits per heavy atom. The van der Waals surface area contributed by atoms with E-state index in [1.165, 1.54) is 0 Å². The molecule has 4 nitrogen and oxygen atoms in total. The number of nitrogens with zero attached hydrogens (tertiary/aromatic N) is 3. The van der Waals surface area contributed by atoms with Crippen molar-refractivity contribution in [2.45, 2.75) is 32.4 Å². The molecule has 3 rings (SSSR count). The van der Waals surface area contributed by atoms with Crippen molar-refractivity contribution in [2.24, 2.45) is 20.4 Å². The van der Waals surface area contributed by atoms with Crippen LogP contribution in [0, 0.1) is 5.92 Å². The zero-order valence-electron chi connectivity index (χ0n) is 11.3. The van der Waals surface area contributed by atoms with Crippen LogP contribution in [0.1, 0.15) is 20.3 Å². The first-order valence-corrected chi connectivity index (χ1v) is 8.11. The van der Waals surface area contributed by atoms with Crippen LogP contribution < -0.4 is 10.6 Å². The Hall–Kier alpha value is -0.620. The van der Waals surface area contributed by atoms with Gasteiger partial charge in [0.15, 0.2) is 0 Å². The second-order valence-corrected chi connectivity index (χ2v) is 6.74. The van der Waals surface area contributed by atoms with Crippen molar-refractivity contribution in [3.63, 3.8) is 0 Å². The van der Waals surface area contributed by atoms with Gasteiger partial charge in [-0.1, -0.05) is 30.1 Å². The van der Waals surface area contributed by atoms with E-state index in [1.807, 2.05) is 0 Å². The van der Waals surface area contributed by atoms with Gasteiger partial charge in [-0.05, 0) is 25.3 Å². The summed E-state index contributed by atoms with van der Waals surface area (Å²) in [5, 5.41) is 1.18. The number of piperidine rings is 1. The lowest BCUT2D eigenvalue weighted by molar-refractivity contribution is 0.316. The molecule has 2 aliphatic rings. The third kappa shape index (κ3) is 2.17. The van der Waals surface area contributed by atoms with Crippen LogP contribution in [0.25, 0.3) is 0 Å². The smallest absolute Gasteiger partial charge is 0.131 e. The van der Waals surface area contributed by atoms with E-state index in [1.54, 1.807) is 6.07 Å². The molecule has 3 atom stereocenters. The lowest BCUT2D eigenvalue weighted by Gasteiger charge is -2.43. The van der Waals surface area contributed by atoms with Crippen LogP contribution in [0.3, 0.4) is 0 Å². The maximum absolute atomic E-state index is 6.43. The molecule has 1 saturated heterocycles. The molecular weight excluding hydrogens is 315 g/mol. The Labute approximate surface area is 132 Å². The lowest BCUT2D eigenvalue weighted by Crippen LogP contribution is -2.52. The second-order valence-electron chi connectivity index (χ2n) is 5.40. The lowest BCUT2D eigenvalue weighted by atomic mass is 9.87. The fourth-order valence-electron chi connectivity index (χ4n) is 2.85. The van der Waals surface area contributed by atoms with Crippen LogP contribution in [0.15, 0.2) is 14.8 Å². The largest absolute Gasteiger partial charge is 0.365 e. The van der Waals surface area contributed by atoms with E-state index in [2.05, 4.69) is 27.5 Å². The number of hydrogen-bond donors (Lipinski definition) is 1. The summed E-state index contributed by atoms with van der Waals surface area (Å²) in [5.41, 5.74) is 8.61. The topological polar surface area (TPSA) is 54.0 Å². The van der Waals surface area contributed by atoms with Gasteiger partial charge in [0.05, 0.1) is 27.1 Å². The summed E-state index contributed by atoms with van der Waals surface area (Å²) in [6.07, 6.45) is 0.948. The molecule has 0 radical (unpaired) electrons. The van der Waals surface area contributed by atoms with Crippen molar-refractivity contribution in [1.82, 2.24) is 0 Å². The maximum atomic E-state index is 6.43. The molecule has 3 unspecified atom stereocenters. The van der Waals surface area contributed by atoms with Crippen molar-refractivity contribution >= 4 is 51.6 Å². The number of anilines is 1. The van der Waals surface area contributed by atoms with Gasteiger partial charge in [0, 0.05) is 18.6 Å². The minimum atomic E-state index is 0.233. The number of fused-ring (bicyclic) bond motifs is 1. The van der Waals surface area contributed by atoms with E-state index in [0.717, 1.165) is 41.4 Å². The summed E-state index contributed by atoms with van der Waals surface area (Å²) in [7, 11) is 0. The molecule has 7 heteroatoms. The highest BCUT2D eigenvalue weighted by molar-refractivity contribution is 7.58. The molecule has 0 saturated carbocycles. The highest BCUT2D eigenvalue weighted by Crippen LogP contribution is 2.50. The van der Waals surface area contributed by atoms with Gasteiger partial charge in [-0.2, -0.15) is 8.73 Å². The van der Waals surface area contributed by atoms with Crippen molar-refractivity contribution in [1.29, 1.82) is 0 Å². The van der Waals surface area contributed by atoms with E-state index in [0.29, 0.717) is 22.0 Å². The number of hydrogen-bond acceptors (Lipinski definition) is 4. The van der Waals surface area contributed by atoms with E-state index < -0.39 is 0 Å². The average molecular weight is 331 g/mol. The number of benzene rings is 1. The molecule has 0 bridgehead atoms. The van der Waals surface area contributed by atoms with E-state index in [-0.39, 0.29) is 6.04 Å². The highest BCUT2D eigenvalue weighted by atomic mass is 35.5. The molecule has 108 valence electrons. The summed E-state index contributed by atoms with van der Waals surface area (Å²) in [4.78, 5) is 2.29. The van der Waals surface area contributed by atoms with Crippen molar-refractivity contribution < 1.29 is 0 Å². The van der Waals surface area contributed by atoms with Crippen LogP contribution in [-0.4, -0.2) is 18.6 Å². The standard InChI is InChI=1S/C13H16Cl2N4S/c1-6-7(2)19(4-3-10(6)16)13-9(15)5-8(14)11-12(13)18-20-17-11/h5-7,10H,3-4,16H2,1-2H3. The first-order valence-electron chi connectivity index (χ1n) is 6.63. The van der Waals surface area contributed by atoms with E-state index in [4.69, 9.17) is 28.9 Å². The molecular formula is C13H16Cl2N4S. The van der Waals surface area contributed by atoms with Gasteiger partial charge in [-0.25, -0.2) is 0 Å². The number of rotatable bonds is 1. The molecule has 2 N–H and O–H groups in total. The van der Waals surface area contributed by atoms with Gasteiger partial charge >= 0.3 is 0 Å². The van der Waals surface area contributed by atoms with Gasteiger partial charge in [0.1, 0.15) is 11.4 Å². The molecule has 20 heavy (non-hydrogen) atoms. The summed E-state index contributed by atoms with van der Waals surface area (Å²) in [6, 6.07) is 2.30. The first-order chi connectivity index (χ1) is 9.50. The zero-order chi connectivity index (χ0) is 14.4. The second kappa shape index (κ2) is 5.30. The van der Waals surface area contributed by atoms with Gasteiger partial charge in [-0.15, -0.1) is 0 Å². The molecule has 0 aromatic heterocycles. The van der Waals surface area contributed by atoms with Gasteiger partial charge in [0.2, 0.25) is 0 Å². The predicted molar refractivity (Wildman–Crippen MR) is 86.6 cm³/mol. The molecule has 1 aromatic carbocycles. The quantitative estimate of drug-likeness (QED) is 0.848. The van der Waals surface area contributed by atoms with Gasteiger partial charge < -0.3 is 10.6 Å². The first kappa shape index (κ1) is 14.3. The minimum Gasteiger partial charge on any atom is -0.365 e. The maximum Gasteiger partial charge on any atom is 0.131 e. The average Bonchev–Trinajstić information content (AvgIpc) is 2.88. The Kier molecular flexibility index (Phi) is 3.79. The van der Waals surface area contributed by atoms with Crippen molar-refractivity contribution in [2.75, 3.05) is 11.4 Å². The van der Waals surface area contributed by atoms with Crippen LogP contribution >= 0.6 is 23.2 Å². The molecule has 2 aliphatic heterocycles. The third-order valence-electron chi connectivity index (χ3n) is 4.34. The highest BCUT2D eigenvalue weighted by Gasteiger charge is 2.34. The monoisotopic (exact) mass is 330 g/mol. The van der Waals surface area contributed by atoms with Crippen LogP contribution in [0.5, 0.6) is 0 Å².